The molecule has 1 aromatic carbocycles. The Balaban J connectivity index is 2.73. The van der Waals surface area contributed by atoms with Crippen molar-refractivity contribution < 1.29 is 4.39 Å². The highest BCUT2D eigenvalue weighted by Gasteiger charge is 2.04. The lowest BCUT2D eigenvalue weighted by Gasteiger charge is -2.09. The van der Waals surface area contributed by atoms with E-state index in [1.165, 1.54) is 12.1 Å². The van der Waals surface area contributed by atoms with Crippen LogP contribution in [0.25, 0.3) is 0 Å². The van der Waals surface area contributed by atoms with Crippen molar-refractivity contribution in [1.82, 2.24) is 0 Å². The van der Waals surface area contributed by atoms with E-state index in [0.717, 1.165) is 18.4 Å². The first kappa shape index (κ1) is 9.20. The van der Waals surface area contributed by atoms with Gasteiger partial charge in [-0.25, -0.2) is 4.39 Å². The second kappa shape index (κ2) is 4.21. The summed E-state index contributed by atoms with van der Waals surface area (Å²) >= 11 is 0. The monoisotopic (exact) mass is 167 g/mol. The predicted octanol–water partition coefficient (Wildman–Crippen LogP) is 2.63. The molecule has 1 atom stereocenters. The third-order valence-electron chi connectivity index (χ3n) is 1.88. The Bertz CT molecular complexity index is 247. The fourth-order valence-electron chi connectivity index (χ4n) is 1.21. The molecule has 0 aromatic heterocycles. The first-order valence-electron chi connectivity index (χ1n) is 4.25. The zero-order valence-corrected chi connectivity index (χ0v) is 7.26. The molecule has 0 radical (unpaired) electrons. The highest BCUT2D eigenvalue weighted by molar-refractivity contribution is 5.19. The van der Waals surface area contributed by atoms with Gasteiger partial charge in [0.25, 0.3) is 0 Å². The normalized spacial score (nSPS) is 12.9. The van der Waals surface area contributed by atoms with E-state index >= 15 is 0 Å². The molecular formula is C10H14FN. The molecule has 2 N–H and O–H groups in total. The minimum atomic E-state index is -0.209. The summed E-state index contributed by atoms with van der Waals surface area (Å²) in [4.78, 5) is 0. The Kier molecular flexibility index (Phi) is 3.23. The fourth-order valence-corrected chi connectivity index (χ4v) is 1.21. The van der Waals surface area contributed by atoms with Crippen molar-refractivity contribution in [2.75, 3.05) is 0 Å². The Labute approximate surface area is 72.4 Å². The molecular weight excluding hydrogens is 153 g/mol. The number of hydrogen-bond acceptors (Lipinski definition) is 1. The zero-order chi connectivity index (χ0) is 8.97. The molecule has 0 saturated heterocycles. The van der Waals surface area contributed by atoms with Crippen LogP contribution in [0.3, 0.4) is 0 Å². The number of rotatable bonds is 3. The number of halogens is 1. The van der Waals surface area contributed by atoms with E-state index in [1.807, 2.05) is 6.07 Å². The lowest BCUT2D eigenvalue weighted by molar-refractivity contribution is 0.605. The average Bonchev–Trinajstić information content (AvgIpc) is 2.05. The van der Waals surface area contributed by atoms with Crippen molar-refractivity contribution in [2.45, 2.75) is 25.8 Å². The quantitative estimate of drug-likeness (QED) is 0.735. The van der Waals surface area contributed by atoms with Crippen molar-refractivity contribution >= 4 is 0 Å². The van der Waals surface area contributed by atoms with Crippen LogP contribution in [0.1, 0.15) is 31.4 Å². The van der Waals surface area contributed by atoms with Gasteiger partial charge >= 0.3 is 0 Å². The molecule has 0 aliphatic rings. The van der Waals surface area contributed by atoms with E-state index < -0.39 is 0 Å². The molecule has 0 spiro atoms. The number of benzene rings is 1. The van der Waals surface area contributed by atoms with Crippen LogP contribution in [0.4, 0.5) is 4.39 Å². The summed E-state index contributed by atoms with van der Waals surface area (Å²) in [5.41, 5.74) is 6.69. The molecule has 0 saturated carbocycles. The average molecular weight is 167 g/mol. The highest BCUT2D eigenvalue weighted by atomic mass is 19.1. The molecule has 0 bridgehead atoms. The first-order chi connectivity index (χ1) is 5.74. The second-order valence-electron chi connectivity index (χ2n) is 2.95. The summed E-state index contributed by atoms with van der Waals surface area (Å²) < 4.78 is 12.7. The predicted molar refractivity (Wildman–Crippen MR) is 48.2 cm³/mol. The molecule has 2 heteroatoms. The Morgan fingerprint density at radius 3 is 2.83 bits per heavy atom. The van der Waals surface area contributed by atoms with Crippen LogP contribution in [-0.4, -0.2) is 0 Å². The van der Waals surface area contributed by atoms with Crippen LogP contribution in [0.15, 0.2) is 24.3 Å². The van der Waals surface area contributed by atoms with Gasteiger partial charge in [-0.2, -0.15) is 0 Å². The van der Waals surface area contributed by atoms with Gasteiger partial charge in [0.1, 0.15) is 5.82 Å². The SMILES string of the molecule is CCC[C@@H](N)c1cccc(F)c1. The van der Waals surface area contributed by atoms with Crippen LogP contribution < -0.4 is 5.73 Å². The van der Waals surface area contributed by atoms with Crippen LogP contribution in [0, 0.1) is 5.82 Å². The fraction of sp³-hybridized carbons (Fsp3) is 0.400. The van der Waals surface area contributed by atoms with E-state index in [9.17, 15) is 4.39 Å². The smallest absolute Gasteiger partial charge is 0.123 e. The van der Waals surface area contributed by atoms with Crippen molar-refractivity contribution in [3.8, 4) is 0 Å². The van der Waals surface area contributed by atoms with Crippen molar-refractivity contribution in [3.63, 3.8) is 0 Å². The summed E-state index contributed by atoms with van der Waals surface area (Å²) in [6.07, 6.45) is 1.93. The molecule has 66 valence electrons. The Hall–Kier alpha value is -0.890. The summed E-state index contributed by atoms with van der Waals surface area (Å²) in [5, 5.41) is 0. The van der Waals surface area contributed by atoms with Gasteiger partial charge in [-0.15, -0.1) is 0 Å². The highest BCUT2D eigenvalue weighted by Crippen LogP contribution is 2.15. The van der Waals surface area contributed by atoms with Crippen LogP contribution >= 0.6 is 0 Å². The molecule has 1 nitrogen and oxygen atoms in total. The maximum atomic E-state index is 12.7. The summed E-state index contributed by atoms with van der Waals surface area (Å²) in [6.45, 7) is 2.07. The zero-order valence-electron chi connectivity index (χ0n) is 7.26. The molecule has 0 amide bonds. The first-order valence-corrected chi connectivity index (χ1v) is 4.25. The van der Waals surface area contributed by atoms with Gasteiger partial charge < -0.3 is 5.73 Å². The Morgan fingerprint density at radius 1 is 1.50 bits per heavy atom. The van der Waals surface area contributed by atoms with Crippen LogP contribution in [0.2, 0.25) is 0 Å². The Morgan fingerprint density at radius 2 is 2.25 bits per heavy atom. The van der Waals surface area contributed by atoms with Gasteiger partial charge in [-0.3, -0.25) is 0 Å². The van der Waals surface area contributed by atoms with Gasteiger partial charge in [0.05, 0.1) is 0 Å². The van der Waals surface area contributed by atoms with Crippen LogP contribution in [-0.2, 0) is 0 Å². The van der Waals surface area contributed by atoms with Gasteiger partial charge in [0.2, 0.25) is 0 Å². The number of hydrogen-bond donors (Lipinski definition) is 1. The molecule has 0 aliphatic heterocycles. The minimum absolute atomic E-state index is 0.0225. The topological polar surface area (TPSA) is 26.0 Å². The summed E-state index contributed by atoms with van der Waals surface area (Å²) in [5.74, 6) is -0.209. The van der Waals surface area contributed by atoms with Gasteiger partial charge in [0.15, 0.2) is 0 Å². The maximum Gasteiger partial charge on any atom is 0.123 e. The van der Waals surface area contributed by atoms with E-state index in [1.54, 1.807) is 6.07 Å². The molecule has 1 rings (SSSR count). The lowest BCUT2D eigenvalue weighted by Crippen LogP contribution is -2.09. The molecule has 0 heterocycles. The van der Waals surface area contributed by atoms with Gasteiger partial charge in [0, 0.05) is 6.04 Å². The molecule has 0 aliphatic carbocycles. The largest absolute Gasteiger partial charge is 0.324 e. The van der Waals surface area contributed by atoms with Crippen molar-refractivity contribution in [1.29, 1.82) is 0 Å². The third-order valence-corrected chi connectivity index (χ3v) is 1.88. The lowest BCUT2D eigenvalue weighted by atomic mass is 10.0. The second-order valence-corrected chi connectivity index (χ2v) is 2.95. The number of nitrogens with two attached hydrogens (primary N) is 1. The third kappa shape index (κ3) is 2.31. The minimum Gasteiger partial charge on any atom is -0.324 e. The van der Waals surface area contributed by atoms with Gasteiger partial charge in [-0.1, -0.05) is 25.5 Å². The molecule has 0 unspecified atom stereocenters. The van der Waals surface area contributed by atoms with E-state index in [2.05, 4.69) is 6.92 Å². The molecule has 12 heavy (non-hydrogen) atoms. The molecule has 1 aromatic rings. The van der Waals surface area contributed by atoms with Gasteiger partial charge in [-0.05, 0) is 24.1 Å². The van der Waals surface area contributed by atoms with Crippen molar-refractivity contribution in [2.24, 2.45) is 5.73 Å². The van der Waals surface area contributed by atoms with Crippen LogP contribution in [0.5, 0.6) is 0 Å². The van der Waals surface area contributed by atoms with Crippen molar-refractivity contribution in [3.05, 3.63) is 35.6 Å². The van der Waals surface area contributed by atoms with E-state index in [0.29, 0.717) is 0 Å². The summed E-state index contributed by atoms with van der Waals surface area (Å²) in [7, 11) is 0. The summed E-state index contributed by atoms with van der Waals surface area (Å²) in [6, 6.07) is 6.47. The maximum absolute atomic E-state index is 12.7. The standard InChI is InChI=1S/C10H14FN/c1-2-4-10(12)8-5-3-6-9(11)7-8/h3,5-7,10H,2,4,12H2,1H3/t10-/m1/s1. The van der Waals surface area contributed by atoms with E-state index in [-0.39, 0.29) is 11.9 Å². The molecule has 0 fully saturated rings. The van der Waals surface area contributed by atoms with E-state index in [4.69, 9.17) is 5.73 Å².